The van der Waals surface area contributed by atoms with Crippen molar-refractivity contribution in [1.82, 2.24) is 4.31 Å². The minimum atomic E-state index is -4.69. The molecule has 0 heterocycles. The molecule has 0 amide bonds. The zero-order chi connectivity index (χ0) is 14.8. The molecule has 0 aliphatic carbocycles. The summed E-state index contributed by atoms with van der Waals surface area (Å²) in [7, 11) is -3.93. The number of rotatable bonds is 4. The summed E-state index contributed by atoms with van der Waals surface area (Å²) in [6.07, 6.45) is -4.69. The summed E-state index contributed by atoms with van der Waals surface area (Å²) in [5.41, 5.74) is -1.15. The van der Waals surface area contributed by atoms with Crippen LogP contribution in [0.4, 0.5) is 13.2 Å². The fourth-order valence-corrected chi connectivity index (χ4v) is 3.30. The molecule has 0 saturated heterocycles. The average Bonchev–Trinajstić information content (AvgIpc) is 2.28. The molecule has 0 fully saturated rings. The lowest BCUT2D eigenvalue weighted by molar-refractivity contribution is -0.137. The highest BCUT2D eigenvalue weighted by Gasteiger charge is 2.35. The van der Waals surface area contributed by atoms with Gasteiger partial charge in [0.15, 0.2) is 0 Å². The van der Waals surface area contributed by atoms with Crippen molar-refractivity contribution < 1.29 is 21.6 Å². The fraction of sp³-hybridized carbons (Fsp3) is 0.455. The molecule has 0 radical (unpaired) electrons. The first-order valence-electron chi connectivity index (χ1n) is 5.51. The number of sulfonamides is 1. The highest BCUT2D eigenvalue weighted by Crippen LogP contribution is 2.36. The Hall–Kier alpha value is -0.790. The first-order valence-corrected chi connectivity index (χ1v) is 7.33. The van der Waals surface area contributed by atoms with E-state index < -0.39 is 31.7 Å². The molecule has 108 valence electrons. The Morgan fingerprint density at radius 1 is 1.21 bits per heavy atom. The summed E-state index contributed by atoms with van der Waals surface area (Å²) < 4.78 is 63.3. The van der Waals surface area contributed by atoms with Gasteiger partial charge in [0.2, 0.25) is 10.0 Å². The van der Waals surface area contributed by atoms with Gasteiger partial charge in [-0.05, 0) is 18.2 Å². The van der Waals surface area contributed by atoms with Crippen molar-refractivity contribution in [2.24, 2.45) is 0 Å². The van der Waals surface area contributed by atoms with Gasteiger partial charge in [-0.15, -0.1) is 0 Å². The molecule has 19 heavy (non-hydrogen) atoms. The summed E-state index contributed by atoms with van der Waals surface area (Å²) in [6, 6.07) is 2.59. The smallest absolute Gasteiger partial charge is 0.207 e. The molecular formula is C11H13ClF3NO2S. The van der Waals surface area contributed by atoms with Crippen LogP contribution in [-0.4, -0.2) is 25.8 Å². The van der Waals surface area contributed by atoms with Gasteiger partial charge in [-0.1, -0.05) is 25.4 Å². The molecule has 0 bridgehead atoms. The first kappa shape index (κ1) is 16.3. The van der Waals surface area contributed by atoms with E-state index in [1.807, 2.05) is 0 Å². The van der Waals surface area contributed by atoms with Crippen molar-refractivity contribution in [3.63, 3.8) is 0 Å². The minimum Gasteiger partial charge on any atom is -0.207 e. The van der Waals surface area contributed by atoms with Crippen molar-refractivity contribution in [2.75, 3.05) is 13.1 Å². The van der Waals surface area contributed by atoms with Crippen molar-refractivity contribution in [2.45, 2.75) is 24.9 Å². The molecule has 1 aromatic carbocycles. The van der Waals surface area contributed by atoms with Crippen LogP contribution in [0.25, 0.3) is 0 Å². The molecule has 0 aliphatic heterocycles. The largest absolute Gasteiger partial charge is 0.417 e. The number of nitrogens with zero attached hydrogens (tertiary/aromatic N) is 1. The predicted octanol–water partition coefficient (Wildman–Crippen LogP) is 3.39. The number of hydrogen-bond acceptors (Lipinski definition) is 2. The topological polar surface area (TPSA) is 37.4 Å². The lowest BCUT2D eigenvalue weighted by atomic mass is 10.2. The highest BCUT2D eigenvalue weighted by molar-refractivity contribution is 7.89. The second kappa shape index (κ2) is 5.68. The van der Waals surface area contributed by atoms with Crippen molar-refractivity contribution in [1.29, 1.82) is 0 Å². The normalized spacial score (nSPS) is 13.0. The van der Waals surface area contributed by atoms with Gasteiger partial charge in [-0.2, -0.15) is 17.5 Å². The van der Waals surface area contributed by atoms with Crippen molar-refractivity contribution in [3.8, 4) is 0 Å². The van der Waals surface area contributed by atoms with Crippen LogP contribution >= 0.6 is 11.6 Å². The Balaban J connectivity index is 3.38. The van der Waals surface area contributed by atoms with Crippen molar-refractivity contribution >= 4 is 21.6 Å². The molecule has 0 aliphatic rings. The molecular weight excluding hydrogens is 303 g/mol. The zero-order valence-electron chi connectivity index (χ0n) is 10.3. The summed E-state index contributed by atoms with van der Waals surface area (Å²) in [5.74, 6) is 0. The van der Waals surface area contributed by atoms with Gasteiger partial charge in [-0.25, -0.2) is 8.42 Å². The Kier molecular flexibility index (Phi) is 4.86. The number of benzene rings is 1. The molecule has 0 N–H and O–H groups in total. The van der Waals surface area contributed by atoms with Gasteiger partial charge < -0.3 is 0 Å². The van der Waals surface area contributed by atoms with E-state index in [0.29, 0.717) is 6.07 Å². The maximum atomic E-state index is 12.7. The zero-order valence-corrected chi connectivity index (χ0v) is 11.9. The third-order valence-electron chi connectivity index (χ3n) is 2.59. The molecule has 0 atom stereocenters. The Morgan fingerprint density at radius 2 is 1.74 bits per heavy atom. The van der Waals surface area contributed by atoms with E-state index >= 15 is 0 Å². The van der Waals surface area contributed by atoms with Gasteiger partial charge in [-0.3, -0.25) is 0 Å². The molecule has 0 aromatic heterocycles. The van der Waals surface area contributed by atoms with Gasteiger partial charge in [0.1, 0.15) is 0 Å². The lowest BCUT2D eigenvalue weighted by Gasteiger charge is -2.19. The van der Waals surface area contributed by atoms with Gasteiger partial charge in [0.05, 0.1) is 15.5 Å². The summed E-state index contributed by atoms with van der Waals surface area (Å²) in [4.78, 5) is -0.409. The van der Waals surface area contributed by atoms with Gasteiger partial charge >= 0.3 is 6.18 Å². The monoisotopic (exact) mass is 315 g/mol. The predicted molar refractivity (Wildman–Crippen MR) is 66.6 cm³/mol. The van der Waals surface area contributed by atoms with E-state index in [-0.39, 0.29) is 13.1 Å². The standard InChI is InChI=1S/C11H13ClF3NO2S/c1-3-16(4-2)19(17,18)8-5-6-10(12)9(7-8)11(13,14)15/h5-7H,3-4H2,1-2H3. The van der Waals surface area contributed by atoms with Crippen molar-refractivity contribution in [3.05, 3.63) is 28.8 Å². The molecule has 1 rings (SSSR count). The Labute approximate surface area is 115 Å². The maximum Gasteiger partial charge on any atom is 0.417 e. The molecule has 1 aromatic rings. The second-order valence-corrected chi connectivity index (χ2v) is 6.07. The average molecular weight is 316 g/mol. The lowest BCUT2D eigenvalue weighted by Crippen LogP contribution is -2.30. The third-order valence-corrected chi connectivity index (χ3v) is 4.96. The van der Waals surface area contributed by atoms with Crippen LogP contribution in [0.5, 0.6) is 0 Å². The van der Waals surface area contributed by atoms with E-state index in [2.05, 4.69) is 0 Å². The van der Waals surface area contributed by atoms with E-state index in [1.54, 1.807) is 13.8 Å². The van der Waals surface area contributed by atoms with Crippen LogP contribution in [0.1, 0.15) is 19.4 Å². The maximum absolute atomic E-state index is 12.7. The van der Waals surface area contributed by atoms with E-state index in [4.69, 9.17) is 11.6 Å². The molecule has 3 nitrogen and oxygen atoms in total. The second-order valence-electron chi connectivity index (χ2n) is 3.73. The van der Waals surface area contributed by atoms with Crippen LogP contribution in [0, 0.1) is 0 Å². The Bertz CT molecular complexity index is 554. The van der Waals surface area contributed by atoms with Crippen LogP contribution in [-0.2, 0) is 16.2 Å². The molecule has 0 unspecified atom stereocenters. The van der Waals surface area contributed by atoms with E-state index in [1.165, 1.54) is 0 Å². The molecule has 0 saturated carbocycles. The quantitative estimate of drug-likeness (QED) is 0.854. The summed E-state index contributed by atoms with van der Waals surface area (Å²) in [6.45, 7) is 3.59. The van der Waals surface area contributed by atoms with E-state index in [0.717, 1.165) is 16.4 Å². The molecule has 0 spiro atoms. The van der Waals surface area contributed by atoms with Crippen LogP contribution in [0.15, 0.2) is 23.1 Å². The summed E-state index contributed by atoms with van der Waals surface area (Å²) in [5, 5.41) is -0.522. The SMILES string of the molecule is CCN(CC)S(=O)(=O)c1ccc(Cl)c(C(F)(F)F)c1. The van der Waals surface area contributed by atoms with Gasteiger partial charge in [0, 0.05) is 13.1 Å². The Morgan fingerprint density at radius 3 is 2.16 bits per heavy atom. The number of halogens is 4. The van der Waals surface area contributed by atoms with Crippen LogP contribution in [0.3, 0.4) is 0 Å². The molecule has 8 heteroatoms. The third kappa shape index (κ3) is 3.40. The fourth-order valence-electron chi connectivity index (χ4n) is 1.59. The highest BCUT2D eigenvalue weighted by atomic mass is 35.5. The first-order chi connectivity index (χ1) is 8.64. The van der Waals surface area contributed by atoms with Crippen LogP contribution in [0.2, 0.25) is 5.02 Å². The van der Waals surface area contributed by atoms with Gasteiger partial charge in [0.25, 0.3) is 0 Å². The summed E-state index contributed by atoms with van der Waals surface area (Å²) >= 11 is 5.45. The van der Waals surface area contributed by atoms with E-state index in [9.17, 15) is 21.6 Å². The number of hydrogen-bond donors (Lipinski definition) is 0. The van der Waals surface area contributed by atoms with Crippen LogP contribution < -0.4 is 0 Å². The minimum absolute atomic E-state index is 0.183. The number of alkyl halides is 3.